The van der Waals surface area contributed by atoms with Gasteiger partial charge in [-0.25, -0.2) is 0 Å². The van der Waals surface area contributed by atoms with E-state index in [9.17, 15) is 8.63 Å². The number of aryl methyl sites for hydroxylation is 1. The zero-order valence-electron chi connectivity index (χ0n) is 16.5. The standard InChI is InChI=1S/C21H25BF2N4/c1-4-17-14(2)21(27-15(17)3)20(16-8-6-5-7-9-16)18-10-11-19(26-13-12-25)28(18)22(23)24/h5-11,27H,4,12-13,25H2,1-3H3/b20-18-,26-19?. The summed E-state index contributed by atoms with van der Waals surface area (Å²) in [7, 11) is -2.71. The molecule has 0 unspecified atom stereocenters. The first-order valence-electron chi connectivity index (χ1n) is 9.47. The molecule has 3 rings (SSSR count). The number of hydrogen-bond donors (Lipinski definition) is 2. The monoisotopic (exact) mass is 382 g/mol. The molecular formula is C21H25BF2N4. The van der Waals surface area contributed by atoms with Gasteiger partial charge in [0.05, 0.1) is 12.2 Å². The predicted molar refractivity (Wildman–Crippen MR) is 112 cm³/mol. The number of nitrogens with zero attached hydrogens (tertiary/aromatic N) is 2. The van der Waals surface area contributed by atoms with Crippen molar-refractivity contribution in [3.63, 3.8) is 0 Å². The molecule has 1 aromatic carbocycles. The van der Waals surface area contributed by atoms with E-state index >= 15 is 0 Å². The third-order valence-electron chi connectivity index (χ3n) is 5.01. The van der Waals surface area contributed by atoms with Crippen LogP contribution in [0.1, 0.15) is 35.0 Å². The fraction of sp³-hybridized carbons (Fsp3) is 0.286. The number of nitrogens with one attached hydrogen (secondary N) is 1. The number of H-pyrrole nitrogens is 1. The summed E-state index contributed by atoms with van der Waals surface area (Å²) in [6.07, 6.45) is 4.22. The van der Waals surface area contributed by atoms with Gasteiger partial charge in [-0.1, -0.05) is 37.3 Å². The molecule has 1 aromatic heterocycles. The van der Waals surface area contributed by atoms with E-state index in [-0.39, 0.29) is 5.84 Å². The number of allylic oxidation sites excluding steroid dienone is 1. The normalized spacial score (nSPS) is 16.9. The smallest absolute Gasteiger partial charge is 0.358 e. The second-order valence-corrected chi connectivity index (χ2v) is 6.72. The molecule has 0 aliphatic carbocycles. The highest BCUT2D eigenvalue weighted by molar-refractivity contribution is 6.46. The van der Waals surface area contributed by atoms with Crippen LogP contribution in [0.4, 0.5) is 8.63 Å². The number of benzene rings is 1. The summed E-state index contributed by atoms with van der Waals surface area (Å²) in [4.78, 5) is 8.65. The van der Waals surface area contributed by atoms with Crippen LogP contribution in [-0.2, 0) is 6.42 Å². The van der Waals surface area contributed by atoms with Crippen LogP contribution < -0.4 is 5.73 Å². The van der Waals surface area contributed by atoms with Crippen molar-refractivity contribution in [2.75, 3.05) is 13.1 Å². The van der Waals surface area contributed by atoms with E-state index in [4.69, 9.17) is 5.73 Å². The van der Waals surface area contributed by atoms with Crippen molar-refractivity contribution in [3.8, 4) is 0 Å². The van der Waals surface area contributed by atoms with Crippen molar-refractivity contribution < 1.29 is 8.63 Å². The van der Waals surface area contributed by atoms with Gasteiger partial charge in [-0.2, -0.15) is 0 Å². The molecule has 1 aliphatic rings. The average Bonchev–Trinajstić information content (AvgIpc) is 3.22. The van der Waals surface area contributed by atoms with Crippen LogP contribution >= 0.6 is 0 Å². The first-order valence-corrected chi connectivity index (χ1v) is 9.47. The lowest BCUT2D eigenvalue weighted by molar-refractivity contribution is 0.554. The molecule has 4 nitrogen and oxygen atoms in total. The molecular weight excluding hydrogens is 357 g/mol. The molecule has 7 heteroatoms. The molecule has 3 N–H and O–H groups in total. The summed E-state index contributed by atoms with van der Waals surface area (Å²) in [6.45, 7) is 6.77. The van der Waals surface area contributed by atoms with Crippen LogP contribution in [0, 0.1) is 13.8 Å². The molecule has 28 heavy (non-hydrogen) atoms. The average molecular weight is 382 g/mol. The minimum Gasteiger partial charge on any atom is -0.358 e. The minimum absolute atomic E-state index is 0.237. The number of hydrogen-bond acceptors (Lipinski definition) is 2. The molecule has 2 aromatic rings. The van der Waals surface area contributed by atoms with Crippen LogP contribution in [-0.4, -0.2) is 36.1 Å². The molecule has 0 saturated carbocycles. The van der Waals surface area contributed by atoms with E-state index in [0.717, 1.165) is 39.3 Å². The van der Waals surface area contributed by atoms with Gasteiger partial charge in [0.1, 0.15) is 5.84 Å². The van der Waals surface area contributed by atoms with Crippen molar-refractivity contribution in [2.24, 2.45) is 10.7 Å². The van der Waals surface area contributed by atoms with Gasteiger partial charge in [-0.05, 0) is 49.1 Å². The topological polar surface area (TPSA) is 57.4 Å². The number of halogens is 2. The number of amidine groups is 1. The van der Waals surface area contributed by atoms with Gasteiger partial charge < -0.3 is 15.5 Å². The summed E-state index contributed by atoms with van der Waals surface area (Å²) in [5.74, 6) is 0.237. The Bertz CT molecular complexity index is 929. The zero-order valence-corrected chi connectivity index (χ0v) is 16.5. The largest absolute Gasteiger partial charge is 0.679 e. The molecule has 0 saturated heterocycles. The maximum absolute atomic E-state index is 14.0. The van der Waals surface area contributed by atoms with Gasteiger partial charge in [-0.3, -0.25) is 13.6 Å². The molecule has 0 bridgehead atoms. The third-order valence-corrected chi connectivity index (χ3v) is 5.01. The van der Waals surface area contributed by atoms with Gasteiger partial charge in [0.25, 0.3) is 0 Å². The zero-order chi connectivity index (χ0) is 20.3. The maximum atomic E-state index is 14.0. The van der Waals surface area contributed by atoms with Gasteiger partial charge in [0, 0.05) is 23.5 Å². The minimum atomic E-state index is -2.71. The van der Waals surface area contributed by atoms with Gasteiger partial charge in [0.15, 0.2) is 0 Å². The Morgan fingerprint density at radius 1 is 1.18 bits per heavy atom. The summed E-state index contributed by atoms with van der Waals surface area (Å²) in [5, 5.41) is 0. The van der Waals surface area contributed by atoms with E-state index in [0.29, 0.717) is 18.8 Å². The molecule has 0 fully saturated rings. The van der Waals surface area contributed by atoms with Gasteiger partial charge >= 0.3 is 7.40 Å². The lowest BCUT2D eigenvalue weighted by Gasteiger charge is -2.22. The van der Waals surface area contributed by atoms with Crippen LogP contribution in [0.3, 0.4) is 0 Å². The highest BCUT2D eigenvalue weighted by atomic mass is 19.2. The summed E-state index contributed by atoms with van der Waals surface area (Å²) in [6, 6.07) is 9.62. The highest BCUT2D eigenvalue weighted by Gasteiger charge is 2.36. The molecule has 146 valence electrons. The fourth-order valence-electron chi connectivity index (χ4n) is 3.75. The first-order chi connectivity index (χ1) is 13.5. The van der Waals surface area contributed by atoms with Gasteiger partial charge in [-0.15, -0.1) is 0 Å². The van der Waals surface area contributed by atoms with E-state index in [2.05, 4.69) is 16.9 Å². The van der Waals surface area contributed by atoms with E-state index < -0.39 is 7.40 Å². The van der Waals surface area contributed by atoms with Crippen molar-refractivity contribution in [1.82, 2.24) is 9.79 Å². The Hall–Kier alpha value is -2.67. The first kappa shape index (κ1) is 20.1. The lowest BCUT2D eigenvalue weighted by Crippen LogP contribution is -2.34. The van der Waals surface area contributed by atoms with Crippen LogP contribution in [0.25, 0.3) is 5.57 Å². The molecule has 0 radical (unpaired) electrons. The van der Waals surface area contributed by atoms with Crippen molar-refractivity contribution in [2.45, 2.75) is 27.2 Å². The number of aromatic nitrogens is 1. The molecule has 0 spiro atoms. The van der Waals surface area contributed by atoms with Crippen molar-refractivity contribution in [1.29, 1.82) is 0 Å². The summed E-state index contributed by atoms with van der Waals surface area (Å²) in [5.41, 5.74) is 11.8. The second kappa shape index (κ2) is 8.56. The Morgan fingerprint density at radius 3 is 2.46 bits per heavy atom. The number of aromatic amines is 1. The molecule has 2 heterocycles. The predicted octanol–water partition coefficient (Wildman–Crippen LogP) is 4.11. The third kappa shape index (κ3) is 3.67. The van der Waals surface area contributed by atoms with E-state index in [1.54, 1.807) is 12.2 Å². The summed E-state index contributed by atoms with van der Waals surface area (Å²) >= 11 is 0. The summed E-state index contributed by atoms with van der Waals surface area (Å²) < 4.78 is 28.1. The number of nitrogens with two attached hydrogens (primary N) is 1. The van der Waals surface area contributed by atoms with Gasteiger partial charge in [0.2, 0.25) is 0 Å². The lowest BCUT2D eigenvalue weighted by atomic mass is 9.95. The van der Waals surface area contributed by atoms with Crippen molar-refractivity contribution in [3.05, 3.63) is 76.3 Å². The molecule has 1 aliphatic heterocycles. The van der Waals surface area contributed by atoms with E-state index in [1.807, 2.05) is 44.2 Å². The van der Waals surface area contributed by atoms with Crippen molar-refractivity contribution >= 4 is 18.8 Å². The molecule has 0 atom stereocenters. The quantitative estimate of drug-likeness (QED) is 0.739. The number of aliphatic imine (C=N–C) groups is 1. The highest BCUT2D eigenvalue weighted by Crippen LogP contribution is 2.36. The fourth-order valence-corrected chi connectivity index (χ4v) is 3.75. The SMILES string of the molecule is CCc1c(C)[nH]c(/C(=C2/C=CC(=NCCN)N2B(F)F)c2ccccc2)c1C. The number of rotatable bonds is 6. The van der Waals surface area contributed by atoms with Crippen LogP contribution in [0.15, 0.2) is 53.2 Å². The van der Waals surface area contributed by atoms with Crippen LogP contribution in [0.5, 0.6) is 0 Å². The Balaban J connectivity index is 2.27. The Kier molecular flexibility index (Phi) is 6.14. The Morgan fingerprint density at radius 2 is 1.89 bits per heavy atom. The Labute approximate surface area is 165 Å². The second-order valence-electron chi connectivity index (χ2n) is 6.72. The maximum Gasteiger partial charge on any atom is 0.679 e. The van der Waals surface area contributed by atoms with E-state index in [1.165, 1.54) is 5.56 Å². The van der Waals surface area contributed by atoms with Crippen LogP contribution in [0.2, 0.25) is 0 Å². The molecule has 0 amide bonds.